The fourth-order valence-corrected chi connectivity index (χ4v) is 2.18. The topological polar surface area (TPSA) is 117 Å². The molecule has 0 unspecified atom stereocenters. The van der Waals surface area contributed by atoms with Gasteiger partial charge in [0.25, 0.3) is 0 Å². The largest absolute Gasteiger partial charge is 0.477 e. The van der Waals surface area contributed by atoms with E-state index in [-0.39, 0.29) is 23.7 Å². The molecule has 2 heterocycles. The van der Waals surface area contributed by atoms with Crippen molar-refractivity contribution >= 4 is 17.9 Å². The molecule has 3 aromatic rings. The van der Waals surface area contributed by atoms with Crippen LogP contribution in [0.5, 0.6) is 0 Å². The number of carbonyl (C=O) groups is 2. The Morgan fingerprint density at radius 3 is 2.52 bits per heavy atom. The van der Waals surface area contributed by atoms with Crippen molar-refractivity contribution in [2.45, 2.75) is 6.54 Å². The number of aromatic nitrogens is 2. The molecule has 0 aliphatic carbocycles. The summed E-state index contributed by atoms with van der Waals surface area (Å²) in [5.74, 6) is -1.53. The molecule has 2 amide bonds. The number of benzene rings is 1. The Hall–Kier alpha value is -3.68. The number of carboxylic acids is 1. The summed E-state index contributed by atoms with van der Waals surface area (Å²) in [6, 6.07) is 13.7. The van der Waals surface area contributed by atoms with Crippen LogP contribution in [0.15, 0.2) is 59.3 Å². The van der Waals surface area contributed by atoms with E-state index in [1.807, 2.05) is 30.3 Å². The summed E-state index contributed by atoms with van der Waals surface area (Å²) in [7, 11) is 0. The number of hydrogen-bond donors (Lipinski definition) is 3. The van der Waals surface area contributed by atoms with Gasteiger partial charge in [-0.3, -0.25) is 10.3 Å². The maximum atomic E-state index is 12.0. The zero-order chi connectivity index (χ0) is 17.6. The smallest absolute Gasteiger partial charge is 0.343 e. The highest BCUT2D eigenvalue weighted by Gasteiger charge is 2.25. The van der Waals surface area contributed by atoms with Crippen molar-refractivity contribution in [2.24, 2.45) is 0 Å². The van der Waals surface area contributed by atoms with E-state index in [2.05, 4.69) is 20.8 Å². The van der Waals surface area contributed by atoms with E-state index >= 15 is 0 Å². The van der Waals surface area contributed by atoms with Crippen LogP contribution in [0.25, 0.3) is 11.4 Å². The Morgan fingerprint density at radius 1 is 1.08 bits per heavy atom. The third-order valence-electron chi connectivity index (χ3n) is 3.34. The summed E-state index contributed by atoms with van der Waals surface area (Å²) in [6.45, 7) is 0.288. The molecule has 3 N–H and O–H groups in total. The molecular weight excluding hydrogens is 324 g/mol. The molecule has 8 heteroatoms. The Bertz CT molecular complexity index is 878. The zero-order valence-corrected chi connectivity index (χ0v) is 13.0. The highest BCUT2D eigenvalue weighted by Crippen LogP contribution is 2.27. The zero-order valence-electron chi connectivity index (χ0n) is 13.0. The number of aromatic carboxylic acids is 1. The number of pyridine rings is 1. The number of anilines is 1. The van der Waals surface area contributed by atoms with E-state index in [0.717, 1.165) is 5.56 Å². The second kappa shape index (κ2) is 7.26. The normalized spacial score (nSPS) is 10.2. The van der Waals surface area contributed by atoms with Crippen LogP contribution in [0.2, 0.25) is 0 Å². The highest BCUT2D eigenvalue weighted by atomic mass is 16.5. The first-order valence-electron chi connectivity index (χ1n) is 7.38. The van der Waals surface area contributed by atoms with Crippen molar-refractivity contribution in [1.29, 1.82) is 0 Å². The molecule has 8 nitrogen and oxygen atoms in total. The SMILES string of the molecule is O=C(NCc1ccccc1)Nc1onc(-c2ccccn2)c1C(=O)O. The summed E-state index contributed by atoms with van der Waals surface area (Å²) in [5.41, 5.74) is 1.03. The van der Waals surface area contributed by atoms with Gasteiger partial charge >= 0.3 is 12.0 Å². The summed E-state index contributed by atoms with van der Waals surface area (Å²) in [4.78, 5) is 27.6. The van der Waals surface area contributed by atoms with Crippen LogP contribution >= 0.6 is 0 Å². The van der Waals surface area contributed by atoms with Crippen molar-refractivity contribution in [2.75, 3.05) is 5.32 Å². The molecule has 0 atom stereocenters. The average Bonchev–Trinajstić information content (AvgIpc) is 3.05. The molecule has 0 aliphatic rings. The number of nitrogens with zero attached hydrogens (tertiary/aromatic N) is 2. The average molecular weight is 338 g/mol. The second-order valence-electron chi connectivity index (χ2n) is 5.05. The van der Waals surface area contributed by atoms with E-state index in [1.165, 1.54) is 6.20 Å². The second-order valence-corrected chi connectivity index (χ2v) is 5.05. The summed E-state index contributed by atoms with van der Waals surface area (Å²) < 4.78 is 4.99. The first-order chi connectivity index (χ1) is 12.1. The fraction of sp³-hybridized carbons (Fsp3) is 0.0588. The quantitative estimate of drug-likeness (QED) is 0.658. The van der Waals surface area contributed by atoms with E-state index in [1.54, 1.807) is 18.2 Å². The van der Waals surface area contributed by atoms with Crippen LogP contribution in [0, 0.1) is 0 Å². The highest BCUT2D eigenvalue weighted by molar-refractivity contribution is 6.02. The summed E-state index contributed by atoms with van der Waals surface area (Å²) in [6.07, 6.45) is 1.51. The number of carboxylic acid groups (broad SMARTS) is 1. The van der Waals surface area contributed by atoms with Crippen LogP contribution in [0.3, 0.4) is 0 Å². The molecule has 25 heavy (non-hydrogen) atoms. The van der Waals surface area contributed by atoms with E-state index in [4.69, 9.17) is 4.52 Å². The van der Waals surface area contributed by atoms with Crippen LogP contribution in [0.4, 0.5) is 10.7 Å². The van der Waals surface area contributed by atoms with Crippen LogP contribution in [-0.2, 0) is 6.54 Å². The standard InChI is InChI=1S/C17H14N4O4/c22-16(23)13-14(12-8-4-5-9-18-12)21-25-15(13)20-17(24)19-10-11-6-2-1-3-7-11/h1-9H,10H2,(H,22,23)(H2,19,20,24). The lowest BCUT2D eigenvalue weighted by Crippen LogP contribution is -2.28. The number of rotatable bonds is 5. The fourth-order valence-electron chi connectivity index (χ4n) is 2.18. The molecule has 3 rings (SSSR count). The predicted molar refractivity (Wildman–Crippen MR) is 89.0 cm³/mol. The number of carbonyl (C=O) groups excluding carboxylic acids is 1. The van der Waals surface area contributed by atoms with Gasteiger partial charge < -0.3 is 14.9 Å². The number of nitrogens with one attached hydrogen (secondary N) is 2. The number of urea groups is 1. The van der Waals surface area contributed by atoms with Crippen molar-refractivity contribution in [3.05, 3.63) is 65.9 Å². The number of amides is 2. The first kappa shape index (κ1) is 16.2. The molecule has 0 saturated carbocycles. The maximum absolute atomic E-state index is 12.0. The summed E-state index contributed by atoms with van der Waals surface area (Å²) >= 11 is 0. The minimum absolute atomic E-state index is 0.0476. The maximum Gasteiger partial charge on any atom is 0.343 e. The van der Waals surface area contributed by atoms with Gasteiger partial charge in [-0.05, 0) is 17.7 Å². The lowest BCUT2D eigenvalue weighted by Gasteiger charge is -2.06. The molecule has 126 valence electrons. The van der Waals surface area contributed by atoms with Crippen molar-refractivity contribution in [3.8, 4) is 11.4 Å². The van der Waals surface area contributed by atoms with Crippen molar-refractivity contribution < 1.29 is 19.2 Å². The van der Waals surface area contributed by atoms with Crippen LogP contribution in [-0.4, -0.2) is 27.2 Å². The number of hydrogen-bond acceptors (Lipinski definition) is 5. The molecule has 0 spiro atoms. The minimum Gasteiger partial charge on any atom is -0.477 e. The molecule has 1 aromatic carbocycles. The lowest BCUT2D eigenvalue weighted by molar-refractivity contribution is 0.0698. The minimum atomic E-state index is -1.28. The van der Waals surface area contributed by atoms with E-state index in [0.29, 0.717) is 5.69 Å². The Morgan fingerprint density at radius 2 is 1.84 bits per heavy atom. The van der Waals surface area contributed by atoms with Gasteiger partial charge in [-0.2, -0.15) is 0 Å². The van der Waals surface area contributed by atoms with Gasteiger partial charge in [0.15, 0.2) is 5.56 Å². The predicted octanol–water partition coefficient (Wildman–Crippen LogP) is 2.76. The van der Waals surface area contributed by atoms with E-state index in [9.17, 15) is 14.7 Å². The Labute approximate surface area is 142 Å². The lowest BCUT2D eigenvalue weighted by atomic mass is 10.1. The van der Waals surface area contributed by atoms with Crippen LogP contribution < -0.4 is 10.6 Å². The van der Waals surface area contributed by atoms with Gasteiger partial charge in [0, 0.05) is 12.7 Å². The van der Waals surface area contributed by atoms with Gasteiger partial charge in [0.05, 0.1) is 5.69 Å². The van der Waals surface area contributed by atoms with Gasteiger partial charge in [-0.15, -0.1) is 0 Å². The summed E-state index contributed by atoms with van der Waals surface area (Å²) in [5, 5.41) is 18.1. The molecule has 0 aliphatic heterocycles. The Balaban J connectivity index is 1.75. The Kier molecular flexibility index (Phi) is 4.70. The molecule has 0 radical (unpaired) electrons. The van der Waals surface area contributed by atoms with Crippen LogP contribution in [0.1, 0.15) is 15.9 Å². The third kappa shape index (κ3) is 3.81. The van der Waals surface area contributed by atoms with Crippen molar-refractivity contribution in [1.82, 2.24) is 15.5 Å². The molecule has 0 bridgehead atoms. The molecule has 0 fully saturated rings. The van der Waals surface area contributed by atoms with Gasteiger partial charge in [0.2, 0.25) is 5.88 Å². The monoisotopic (exact) mass is 338 g/mol. The van der Waals surface area contributed by atoms with Gasteiger partial charge in [-0.1, -0.05) is 41.6 Å². The van der Waals surface area contributed by atoms with E-state index < -0.39 is 12.0 Å². The molecule has 0 saturated heterocycles. The van der Waals surface area contributed by atoms with Gasteiger partial charge in [-0.25, -0.2) is 9.59 Å². The first-order valence-corrected chi connectivity index (χ1v) is 7.38. The third-order valence-corrected chi connectivity index (χ3v) is 3.34. The molecule has 2 aromatic heterocycles. The molecular formula is C17H14N4O4. The van der Waals surface area contributed by atoms with Crippen molar-refractivity contribution in [3.63, 3.8) is 0 Å². The van der Waals surface area contributed by atoms with Gasteiger partial charge in [0.1, 0.15) is 5.69 Å².